The van der Waals surface area contributed by atoms with E-state index in [2.05, 4.69) is 41.4 Å². The van der Waals surface area contributed by atoms with Crippen molar-refractivity contribution in [3.63, 3.8) is 0 Å². The second kappa shape index (κ2) is 7.32. The number of nitrogens with two attached hydrogens (primary N) is 1. The molecule has 3 fully saturated rings. The maximum absolute atomic E-state index is 11.0. The molecule has 1 saturated heterocycles. The Labute approximate surface area is 157 Å². The predicted octanol–water partition coefficient (Wildman–Crippen LogP) is 2.92. The molecule has 26 heavy (non-hydrogen) atoms. The molecule has 1 amide bonds. The number of carbonyl (C=O) groups is 1. The normalized spacial score (nSPS) is 31.1. The van der Waals surface area contributed by atoms with Crippen molar-refractivity contribution in [3.05, 3.63) is 35.5 Å². The first kappa shape index (κ1) is 18.0. The van der Waals surface area contributed by atoms with Gasteiger partial charge in [-0.3, -0.25) is 9.69 Å². The van der Waals surface area contributed by atoms with Crippen molar-refractivity contribution in [1.29, 1.82) is 0 Å². The molecule has 4 rings (SSSR count). The van der Waals surface area contributed by atoms with Crippen molar-refractivity contribution in [2.45, 2.75) is 64.0 Å². The Bertz CT molecular complexity index is 634. The first-order chi connectivity index (χ1) is 12.6. The van der Waals surface area contributed by atoms with Crippen LogP contribution in [0.15, 0.2) is 35.5 Å². The summed E-state index contributed by atoms with van der Waals surface area (Å²) in [5.41, 5.74) is 8.79. The van der Waals surface area contributed by atoms with E-state index in [1.54, 1.807) is 5.57 Å². The zero-order chi connectivity index (χ0) is 18.1. The molecular formula is C22H33N3O. The number of nitrogens with one attached hydrogen (secondary N) is 1. The molecule has 0 unspecified atom stereocenters. The Morgan fingerprint density at radius 2 is 2.19 bits per heavy atom. The van der Waals surface area contributed by atoms with Gasteiger partial charge in [-0.1, -0.05) is 36.8 Å². The van der Waals surface area contributed by atoms with Crippen molar-refractivity contribution >= 4 is 5.91 Å². The topological polar surface area (TPSA) is 58.4 Å². The van der Waals surface area contributed by atoms with Gasteiger partial charge in [0, 0.05) is 25.2 Å². The summed E-state index contributed by atoms with van der Waals surface area (Å²) >= 11 is 0. The number of hydrogen-bond acceptors (Lipinski definition) is 3. The maximum Gasteiger partial charge on any atom is 0.231 e. The van der Waals surface area contributed by atoms with Crippen LogP contribution in [-0.2, 0) is 4.79 Å². The minimum atomic E-state index is -0.202. The molecule has 4 heteroatoms. The van der Waals surface area contributed by atoms with Gasteiger partial charge >= 0.3 is 0 Å². The van der Waals surface area contributed by atoms with Gasteiger partial charge in [-0.05, 0) is 61.9 Å². The summed E-state index contributed by atoms with van der Waals surface area (Å²) < 4.78 is 0. The van der Waals surface area contributed by atoms with Gasteiger partial charge in [-0.2, -0.15) is 0 Å². The number of primary amides is 1. The van der Waals surface area contributed by atoms with Crippen LogP contribution in [0.2, 0.25) is 0 Å². The lowest BCUT2D eigenvalue weighted by atomic mass is 9.60. The number of rotatable bonds is 7. The number of likely N-dealkylation sites (tertiary alicyclic amines) is 1. The standard InChI is InChI=1S/C22H33N3O/c1-2-17(9-16-7-5-3-4-6-8-16)19-10-20(19)24-18-11-22(12-18)14-25(15-22)13-21(23)26/h5,7-9,18-20,24H,2-4,6,10-15H2,1H3,(H2,23,26)/b17-9+/t19-,20+/m0/s1. The Kier molecular flexibility index (Phi) is 5.07. The Morgan fingerprint density at radius 1 is 1.38 bits per heavy atom. The summed E-state index contributed by atoms with van der Waals surface area (Å²) in [4.78, 5) is 13.2. The highest BCUT2D eigenvalue weighted by atomic mass is 16.1. The van der Waals surface area contributed by atoms with Gasteiger partial charge in [0.1, 0.15) is 0 Å². The van der Waals surface area contributed by atoms with E-state index in [1.165, 1.54) is 44.1 Å². The molecule has 0 bridgehead atoms. The minimum Gasteiger partial charge on any atom is -0.369 e. The third-order valence-corrected chi connectivity index (χ3v) is 6.60. The Balaban J connectivity index is 1.22. The molecule has 1 aliphatic heterocycles. The van der Waals surface area contributed by atoms with E-state index in [1.807, 2.05) is 0 Å². The van der Waals surface area contributed by atoms with Crippen molar-refractivity contribution in [3.8, 4) is 0 Å². The average Bonchev–Trinajstić information content (AvgIpc) is 3.32. The molecule has 142 valence electrons. The van der Waals surface area contributed by atoms with E-state index in [-0.39, 0.29) is 5.91 Å². The van der Waals surface area contributed by atoms with Crippen molar-refractivity contribution in [1.82, 2.24) is 10.2 Å². The molecule has 1 spiro atoms. The van der Waals surface area contributed by atoms with Crippen LogP contribution >= 0.6 is 0 Å². The third kappa shape index (κ3) is 3.96. The van der Waals surface area contributed by atoms with Crippen LogP contribution in [0.4, 0.5) is 0 Å². The van der Waals surface area contributed by atoms with E-state index < -0.39 is 0 Å². The summed E-state index contributed by atoms with van der Waals surface area (Å²) in [6.07, 6.45) is 18.2. The predicted molar refractivity (Wildman–Crippen MR) is 106 cm³/mol. The summed E-state index contributed by atoms with van der Waals surface area (Å²) in [7, 11) is 0. The molecule has 4 aliphatic rings. The lowest BCUT2D eigenvalue weighted by molar-refractivity contribution is -0.127. The summed E-state index contributed by atoms with van der Waals surface area (Å²) in [5.74, 6) is 0.536. The molecule has 1 heterocycles. The summed E-state index contributed by atoms with van der Waals surface area (Å²) in [6, 6.07) is 1.36. The largest absolute Gasteiger partial charge is 0.369 e. The SMILES string of the molecule is CC/C(=C\C1=CCCCC=C1)[C@@H]1C[C@H]1NC1CC2(C1)CN(CC(N)=O)C2. The van der Waals surface area contributed by atoms with Crippen LogP contribution < -0.4 is 11.1 Å². The Morgan fingerprint density at radius 3 is 2.92 bits per heavy atom. The van der Waals surface area contributed by atoms with Crippen molar-refractivity contribution < 1.29 is 4.79 Å². The molecule has 0 aromatic heterocycles. The molecule has 4 nitrogen and oxygen atoms in total. The summed E-state index contributed by atoms with van der Waals surface area (Å²) in [5, 5.41) is 3.90. The van der Waals surface area contributed by atoms with Crippen LogP contribution in [0, 0.1) is 11.3 Å². The minimum absolute atomic E-state index is 0.202. The highest BCUT2D eigenvalue weighted by molar-refractivity contribution is 5.76. The number of allylic oxidation sites excluding steroid dienone is 5. The second-order valence-corrected chi connectivity index (χ2v) is 8.94. The average molecular weight is 356 g/mol. The van der Waals surface area contributed by atoms with E-state index in [4.69, 9.17) is 5.73 Å². The van der Waals surface area contributed by atoms with Gasteiger partial charge in [-0.25, -0.2) is 0 Å². The zero-order valence-electron chi connectivity index (χ0n) is 16.0. The van der Waals surface area contributed by atoms with Crippen LogP contribution in [0.1, 0.15) is 51.9 Å². The van der Waals surface area contributed by atoms with Crippen LogP contribution in [0.3, 0.4) is 0 Å². The van der Waals surface area contributed by atoms with Crippen molar-refractivity contribution in [2.24, 2.45) is 17.1 Å². The fourth-order valence-corrected chi connectivity index (χ4v) is 5.27. The first-order valence-corrected chi connectivity index (χ1v) is 10.4. The smallest absolute Gasteiger partial charge is 0.231 e. The maximum atomic E-state index is 11.0. The molecule has 0 aromatic rings. The number of amides is 1. The molecule has 0 aromatic carbocycles. The van der Waals surface area contributed by atoms with E-state index in [0.29, 0.717) is 24.0 Å². The number of hydrogen-bond donors (Lipinski definition) is 2. The monoisotopic (exact) mass is 355 g/mol. The lowest BCUT2D eigenvalue weighted by Gasteiger charge is -2.59. The highest BCUT2D eigenvalue weighted by Crippen LogP contribution is 2.50. The van der Waals surface area contributed by atoms with Gasteiger partial charge in [0.05, 0.1) is 6.54 Å². The lowest BCUT2D eigenvalue weighted by Crippen LogP contribution is -2.67. The quantitative estimate of drug-likeness (QED) is 0.738. The summed E-state index contributed by atoms with van der Waals surface area (Å²) in [6.45, 7) is 4.84. The molecule has 3 N–H and O–H groups in total. The third-order valence-electron chi connectivity index (χ3n) is 6.60. The first-order valence-electron chi connectivity index (χ1n) is 10.4. The fourth-order valence-electron chi connectivity index (χ4n) is 5.27. The highest BCUT2D eigenvalue weighted by Gasteiger charge is 2.53. The molecule has 3 aliphatic carbocycles. The molecule has 2 saturated carbocycles. The van der Waals surface area contributed by atoms with Gasteiger partial charge < -0.3 is 11.1 Å². The van der Waals surface area contributed by atoms with Crippen LogP contribution in [0.25, 0.3) is 0 Å². The van der Waals surface area contributed by atoms with Crippen molar-refractivity contribution in [2.75, 3.05) is 19.6 Å². The number of carbonyl (C=O) groups excluding carboxylic acids is 1. The van der Waals surface area contributed by atoms with Gasteiger partial charge in [-0.15, -0.1) is 0 Å². The molecule has 2 atom stereocenters. The van der Waals surface area contributed by atoms with E-state index >= 15 is 0 Å². The van der Waals surface area contributed by atoms with E-state index in [9.17, 15) is 4.79 Å². The Hall–Kier alpha value is -1.39. The molecule has 0 radical (unpaired) electrons. The fraction of sp³-hybridized carbons (Fsp3) is 0.682. The van der Waals surface area contributed by atoms with Gasteiger partial charge in [0.25, 0.3) is 0 Å². The van der Waals surface area contributed by atoms with E-state index in [0.717, 1.165) is 25.4 Å². The van der Waals surface area contributed by atoms with Crippen LogP contribution in [0.5, 0.6) is 0 Å². The molecular weight excluding hydrogens is 322 g/mol. The number of nitrogens with zero attached hydrogens (tertiary/aromatic N) is 1. The van der Waals surface area contributed by atoms with Gasteiger partial charge in [0.15, 0.2) is 0 Å². The second-order valence-electron chi connectivity index (χ2n) is 8.94. The van der Waals surface area contributed by atoms with Crippen LogP contribution in [-0.4, -0.2) is 42.5 Å². The van der Waals surface area contributed by atoms with Gasteiger partial charge in [0.2, 0.25) is 5.91 Å². The zero-order valence-corrected chi connectivity index (χ0v) is 16.0.